The minimum absolute atomic E-state index is 0. The largest absolute Gasteiger partial charge is 0.388 e. The predicted octanol–water partition coefficient (Wildman–Crippen LogP) is 7.04. The molecule has 6 heteroatoms. The minimum atomic E-state index is -0.0150. The summed E-state index contributed by atoms with van der Waals surface area (Å²) in [5, 5.41) is 0. The zero-order valence-electron chi connectivity index (χ0n) is 25.9. The number of hydrogen-bond donors (Lipinski definition) is 1. The Hall–Kier alpha value is -0.690. The third-order valence-electron chi connectivity index (χ3n) is 7.80. The van der Waals surface area contributed by atoms with E-state index in [4.69, 9.17) is 5.73 Å². The van der Waals surface area contributed by atoms with E-state index in [0.717, 1.165) is 12.3 Å². The summed E-state index contributed by atoms with van der Waals surface area (Å²) in [4.78, 5) is 14.9. The van der Waals surface area contributed by atoms with Crippen LogP contribution in [0.2, 0.25) is 0 Å². The molecule has 0 radical (unpaired) electrons. The monoisotopic (exact) mass is 539 g/mol. The van der Waals surface area contributed by atoms with Gasteiger partial charge in [0, 0.05) is 37.3 Å². The molecule has 4 aliphatic rings. The van der Waals surface area contributed by atoms with E-state index in [-0.39, 0.29) is 20.4 Å². The summed E-state index contributed by atoms with van der Waals surface area (Å²) in [5.41, 5.74) is 6.01. The molecule has 0 aromatic heterocycles. The zero-order valence-corrected chi connectivity index (χ0v) is 25.9. The Bertz CT molecular complexity index is 665. The molecular formula is C32H70N6. The average Bonchev–Trinajstić information content (AvgIpc) is 3.08. The number of hydrogen-bond acceptors (Lipinski definition) is 5. The average molecular weight is 539 g/mol. The van der Waals surface area contributed by atoms with Gasteiger partial charge in [-0.1, -0.05) is 27.7 Å². The van der Waals surface area contributed by atoms with Gasteiger partial charge in [-0.2, -0.15) is 0 Å². The van der Waals surface area contributed by atoms with Gasteiger partial charge in [0.15, 0.2) is 0 Å². The molecule has 0 aromatic rings. The Morgan fingerprint density at radius 1 is 0.579 bits per heavy atom. The molecule has 4 saturated heterocycles. The molecule has 228 valence electrons. The molecule has 0 bridgehead atoms. The highest BCUT2D eigenvalue weighted by Gasteiger charge is 2.38. The Morgan fingerprint density at radius 3 is 1.34 bits per heavy atom. The number of aliphatic imine (C=N–C) groups is 1. The SMILES string of the molecule is C.C.CC(C)(C)N1CCCN2CCCC21.CC(C)(C)N1CCCN2CCCCCC21.CC(N)=NC(C)(C)C. The van der Waals surface area contributed by atoms with E-state index >= 15 is 0 Å². The fraction of sp³-hybridized carbons (Fsp3) is 0.969. The first kappa shape index (κ1) is 37.3. The summed E-state index contributed by atoms with van der Waals surface area (Å²) in [6, 6.07) is 0. The van der Waals surface area contributed by atoms with Crippen molar-refractivity contribution >= 4 is 5.84 Å². The second-order valence-corrected chi connectivity index (χ2v) is 14.4. The van der Waals surface area contributed by atoms with Crippen molar-refractivity contribution in [3.05, 3.63) is 0 Å². The Balaban J connectivity index is 0.000000551. The van der Waals surface area contributed by atoms with E-state index in [9.17, 15) is 0 Å². The maximum atomic E-state index is 5.33. The fourth-order valence-electron chi connectivity index (χ4n) is 6.47. The van der Waals surface area contributed by atoms with Gasteiger partial charge in [-0.3, -0.25) is 24.6 Å². The third kappa shape index (κ3) is 12.2. The highest BCUT2D eigenvalue weighted by Crippen LogP contribution is 2.31. The smallest absolute Gasteiger partial charge is 0.0912 e. The molecular weight excluding hydrogens is 468 g/mol. The third-order valence-corrected chi connectivity index (χ3v) is 7.80. The highest BCUT2D eigenvalue weighted by atomic mass is 15.4. The molecule has 6 nitrogen and oxygen atoms in total. The van der Waals surface area contributed by atoms with Crippen molar-refractivity contribution in [2.45, 2.75) is 164 Å². The fourth-order valence-corrected chi connectivity index (χ4v) is 6.47. The van der Waals surface area contributed by atoms with Crippen LogP contribution in [0.15, 0.2) is 4.99 Å². The predicted molar refractivity (Wildman–Crippen MR) is 171 cm³/mol. The number of rotatable bonds is 0. The standard InChI is InChI=1S/C13H26N2.C11H22N2.C6H14N2.2CH4/c1-13(2,3)15-11-7-10-14-9-6-4-5-8-12(14)15;1-11(2,3)13-9-5-8-12-7-4-6-10(12)13;1-5(7)8-6(2,3)4;;/h12H,4-11H2,1-3H3;10H,4-9H2,1-3H3;1-4H3,(H2,7,8);2*1H4. The van der Waals surface area contributed by atoms with Crippen LogP contribution in [0.3, 0.4) is 0 Å². The molecule has 2 atom stereocenters. The van der Waals surface area contributed by atoms with Gasteiger partial charge in [0.05, 0.1) is 23.7 Å². The summed E-state index contributed by atoms with van der Waals surface area (Å²) in [6.45, 7) is 29.9. The first-order chi connectivity index (χ1) is 16.6. The molecule has 4 heterocycles. The molecule has 2 unspecified atom stereocenters. The van der Waals surface area contributed by atoms with Crippen molar-refractivity contribution in [1.29, 1.82) is 0 Å². The van der Waals surface area contributed by atoms with Crippen LogP contribution in [0.4, 0.5) is 0 Å². The lowest BCUT2D eigenvalue weighted by molar-refractivity contribution is -0.0478. The molecule has 4 fully saturated rings. The van der Waals surface area contributed by atoms with E-state index in [0.29, 0.717) is 16.9 Å². The number of nitrogens with two attached hydrogens (primary N) is 1. The summed E-state index contributed by atoms with van der Waals surface area (Å²) in [7, 11) is 0. The van der Waals surface area contributed by atoms with Crippen LogP contribution in [0.1, 0.15) is 135 Å². The van der Waals surface area contributed by atoms with E-state index in [1.807, 2.05) is 20.8 Å². The molecule has 0 aromatic carbocycles. The van der Waals surface area contributed by atoms with Gasteiger partial charge in [0.2, 0.25) is 0 Å². The molecule has 2 N–H and O–H groups in total. The second-order valence-electron chi connectivity index (χ2n) is 14.4. The van der Waals surface area contributed by atoms with E-state index in [1.165, 1.54) is 90.6 Å². The Labute approximate surface area is 239 Å². The normalized spacial score (nSPS) is 26.2. The minimum Gasteiger partial charge on any atom is -0.388 e. The molecule has 0 amide bonds. The van der Waals surface area contributed by atoms with Crippen LogP contribution in [-0.4, -0.2) is 93.7 Å². The maximum Gasteiger partial charge on any atom is 0.0912 e. The van der Waals surface area contributed by atoms with E-state index < -0.39 is 0 Å². The van der Waals surface area contributed by atoms with Crippen LogP contribution in [0.5, 0.6) is 0 Å². The lowest BCUT2D eigenvalue weighted by Crippen LogP contribution is -2.59. The van der Waals surface area contributed by atoms with Gasteiger partial charge in [0.25, 0.3) is 0 Å². The Kier molecular flexibility index (Phi) is 15.6. The van der Waals surface area contributed by atoms with Crippen molar-refractivity contribution in [1.82, 2.24) is 19.6 Å². The molecule has 0 spiro atoms. The van der Waals surface area contributed by atoms with Crippen molar-refractivity contribution < 1.29 is 0 Å². The maximum absolute atomic E-state index is 5.33. The van der Waals surface area contributed by atoms with Gasteiger partial charge in [-0.25, -0.2) is 0 Å². The van der Waals surface area contributed by atoms with Crippen LogP contribution in [0, 0.1) is 0 Å². The van der Waals surface area contributed by atoms with E-state index in [2.05, 4.69) is 66.1 Å². The first-order valence-corrected chi connectivity index (χ1v) is 14.9. The summed E-state index contributed by atoms with van der Waals surface area (Å²) in [6.07, 6.45) is 12.6. The van der Waals surface area contributed by atoms with Crippen LogP contribution in [-0.2, 0) is 0 Å². The lowest BCUT2D eigenvalue weighted by atomic mass is 10.0. The van der Waals surface area contributed by atoms with Crippen molar-refractivity contribution in [3.63, 3.8) is 0 Å². The van der Waals surface area contributed by atoms with Crippen molar-refractivity contribution in [3.8, 4) is 0 Å². The number of nitrogens with zero attached hydrogens (tertiary/aromatic N) is 5. The van der Waals surface area contributed by atoms with Crippen molar-refractivity contribution in [2.75, 3.05) is 39.3 Å². The summed E-state index contributed by atoms with van der Waals surface area (Å²) >= 11 is 0. The zero-order chi connectivity index (χ0) is 27.1. The first-order valence-electron chi connectivity index (χ1n) is 14.9. The van der Waals surface area contributed by atoms with Gasteiger partial charge < -0.3 is 5.73 Å². The van der Waals surface area contributed by atoms with E-state index in [1.54, 1.807) is 6.92 Å². The molecule has 38 heavy (non-hydrogen) atoms. The quantitative estimate of drug-likeness (QED) is 0.265. The van der Waals surface area contributed by atoms with Gasteiger partial charge in [-0.15, -0.1) is 0 Å². The summed E-state index contributed by atoms with van der Waals surface area (Å²) in [5.74, 6) is 0.650. The van der Waals surface area contributed by atoms with Gasteiger partial charge in [-0.05, 0) is 121 Å². The van der Waals surface area contributed by atoms with Crippen LogP contribution < -0.4 is 5.73 Å². The summed E-state index contributed by atoms with van der Waals surface area (Å²) < 4.78 is 0. The number of fused-ring (bicyclic) bond motifs is 2. The van der Waals surface area contributed by atoms with Gasteiger partial charge in [0.1, 0.15) is 0 Å². The van der Waals surface area contributed by atoms with Crippen LogP contribution >= 0.6 is 0 Å². The topological polar surface area (TPSA) is 51.3 Å². The van der Waals surface area contributed by atoms with Crippen LogP contribution in [0.25, 0.3) is 0 Å². The van der Waals surface area contributed by atoms with Gasteiger partial charge >= 0.3 is 0 Å². The number of amidine groups is 1. The second kappa shape index (κ2) is 15.9. The molecule has 4 rings (SSSR count). The molecule has 4 aliphatic heterocycles. The van der Waals surface area contributed by atoms with Crippen molar-refractivity contribution in [2.24, 2.45) is 10.7 Å². The molecule has 0 saturated carbocycles. The molecule has 0 aliphatic carbocycles. The highest BCUT2D eigenvalue weighted by molar-refractivity contribution is 5.77. The Morgan fingerprint density at radius 2 is 0.974 bits per heavy atom. The lowest BCUT2D eigenvalue weighted by Gasteiger charge is -2.49.